The van der Waals surface area contributed by atoms with E-state index >= 15 is 0 Å². The van der Waals surface area contributed by atoms with Crippen molar-refractivity contribution in [2.75, 3.05) is 51.3 Å². The second-order valence-electron chi connectivity index (χ2n) is 11.0. The molecule has 0 unspecified atom stereocenters. The van der Waals surface area contributed by atoms with Crippen LogP contribution in [0.3, 0.4) is 0 Å². The molecule has 3 aromatic rings. The number of nitrogens with one attached hydrogen (secondary N) is 2. The number of hydroxylamine groups is 1. The van der Waals surface area contributed by atoms with Crippen LogP contribution in [0.5, 0.6) is 5.75 Å². The fraction of sp³-hybridized carbons (Fsp3) is 0.406. The molecule has 38 heavy (non-hydrogen) atoms. The average Bonchev–Trinajstić information content (AvgIpc) is 3.49. The van der Waals surface area contributed by atoms with Gasteiger partial charge in [0.25, 0.3) is 0 Å². The number of piperidine rings is 1. The number of ketones is 1. The van der Waals surface area contributed by atoms with Crippen molar-refractivity contribution < 1.29 is 14.4 Å². The largest absolute Gasteiger partial charge is 0.492 e. The summed E-state index contributed by atoms with van der Waals surface area (Å²) in [6, 6.07) is 19.2. The van der Waals surface area contributed by atoms with Gasteiger partial charge in [0.05, 0.1) is 20.3 Å². The third kappa shape index (κ3) is 4.73. The number of hydrogen-bond donors (Lipinski definition) is 2. The van der Waals surface area contributed by atoms with Crippen molar-refractivity contribution in [2.45, 2.75) is 38.0 Å². The fourth-order valence-electron chi connectivity index (χ4n) is 6.39. The number of nitrogens with zero attached hydrogens (tertiary/aromatic N) is 1. The van der Waals surface area contributed by atoms with E-state index in [1.165, 1.54) is 33.5 Å². The molecular formula is C32H37N3O3. The van der Waals surface area contributed by atoms with E-state index in [1.807, 2.05) is 12.1 Å². The quantitative estimate of drug-likeness (QED) is 0.262. The smallest absolute Gasteiger partial charge is 0.182 e. The van der Waals surface area contributed by atoms with Crippen LogP contribution in [0.2, 0.25) is 0 Å². The molecule has 0 aliphatic carbocycles. The van der Waals surface area contributed by atoms with Crippen LogP contribution >= 0.6 is 0 Å². The Morgan fingerprint density at radius 3 is 2.68 bits per heavy atom. The second-order valence-corrected chi connectivity index (χ2v) is 11.0. The van der Waals surface area contributed by atoms with Gasteiger partial charge < -0.3 is 19.8 Å². The minimum absolute atomic E-state index is 0.126. The van der Waals surface area contributed by atoms with Crippen LogP contribution in [0.1, 0.15) is 45.5 Å². The molecule has 3 heterocycles. The predicted octanol–water partition coefficient (Wildman–Crippen LogP) is 4.61. The molecule has 6 rings (SSSR count). The first-order valence-corrected chi connectivity index (χ1v) is 13.8. The summed E-state index contributed by atoms with van der Waals surface area (Å²) in [7, 11) is 1.64. The lowest BCUT2D eigenvalue weighted by molar-refractivity contribution is 0.0928. The van der Waals surface area contributed by atoms with Crippen molar-refractivity contribution in [1.82, 2.24) is 10.8 Å². The van der Waals surface area contributed by atoms with Crippen molar-refractivity contribution >= 4 is 11.5 Å². The van der Waals surface area contributed by atoms with Gasteiger partial charge in [0.1, 0.15) is 5.75 Å². The predicted molar refractivity (Wildman–Crippen MR) is 151 cm³/mol. The summed E-state index contributed by atoms with van der Waals surface area (Å²) in [5, 5.41) is 3.48. The van der Waals surface area contributed by atoms with Crippen molar-refractivity contribution in [3.8, 4) is 16.9 Å². The molecule has 0 radical (unpaired) electrons. The van der Waals surface area contributed by atoms with Crippen LogP contribution in [0.4, 0.5) is 5.69 Å². The molecular weight excluding hydrogens is 474 g/mol. The van der Waals surface area contributed by atoms with Gasteiger partial charge in [-0.3, -0.25) is 4.79 Å². The van der Waals surface area contributed by atoms with Gasteiger partial charge in [-0.1, -0.05) is 42.5 Å². The topological polar surface area (TPSA) is 62.8 Å². The molecule has 6 heteroatoms. The summed E-state index contributed by atoms with van der Waals surface area (Å²) >= 11 is 0. The molecule has 1 spiro atoms. The Morgan fingerprint density at radius 2 is 1.92 bits per heavy atom. The fourth-order valence-corrected chi connectivity index (χ4v) is 6.39. The minimum atomic E-state index is 0.126. The maximum atomic E-state index is 13.3. The van der Waals surface area contributed by atoms with Crippen LogP contribution in [0.15, 0.2) is 54.6 Å². The van der Waals surface area contributed by atoms with Crippen molar-refractivity contribution in [1.29, 1.82) is 0 Å². The Hall–Kier alpha value is -3.19. The summed E-state index contributed by atoms with van der Waals surface area (Å²) in [5.74, 6) is 1.22. The van der Waals surface area contributed by atoms with Crippen LogP contribution in [0, 0.1) is 6.92 Å². The first kappa shape index (κ1) is 25.1. The molecule has 0 atom stereocenters. The lowest BCUT2D eigenvalue weighted by Crippen LogP contribution is -2.41. The second kappa shape index (κ2) is 10.5. The number of carbonyl (C=O) groups is 1. The SMILES string of the molecule is CONCCc1ccc(-c2ccc(C(=O)CN3CCc4cc5c(cc43)C3(CCNCC3)CO5)cc2)c(C)c1. The van der Waals surface area contributed by atoms with E-state index in [1.54, 1.807) is 7.11 Å². The maximum Gasteiger partial charge on any atom is 0.182 e. The zero-order valence-electron chi connectivity index (χ0n) is 22.4. The molecule has 198 valence electrons. The average molecular weight is 512 g/mol. The highest BCUT2D eigenvalue weighted by molar-refractivity contribution is 6.00. The molecule has 0 amide bonds. The Kier molecular flexibility index (Phi) is 6.95. The van der Waals surface area contributed by atoms with Gasteiger partial charge >= 0.3 is 0 Å². The molecule has 3 aliphatic heterocycles. The summed E-state index contributed by atoms with van der Waals surface area (Å²) < 4.78 is 6.17. The molecule has 0 saturated carbocycles. The van der Waals surface area contributed by atoms with E-state index in [9.17, 15) is 4.79 Å². The van der Waals surface area contributed by atoms with Gasteiger partial charge in [-0.25, -0.2) is 5.48 Å². The molecule has 1 saturated heterocycles. The number of anilines is 1. The zero-order chi connectivity index (χ0) is 26.1. The van der Waals surface area contributed by atoms with Crippen molar-refractivity contribution in [3.63, 3.8) is 0 Å². The third-order valence-corrected chi connectivity index (χ3v) is 8.61. The monoisotopic (exact) mass is 511 g/mol. The molecule has 1 fully saturated rings. The Labute approximate surface area is 225 Å². The normalized spacial score (nSPS) is 17.4. The maximum absolute atomic E-state index is 13.3. The van der Waals surface area contributed by atoms with E-state index in [-0.39, 0.29) is 11.2 Å². The van der Waals surface area contributed by atoms with Crippen molar-refractivity contribution in [3.05, 3.63) is 82.4 Å². The number of aryl methyl sites for hydroxylation is 1. The number of benzene rings is 3. The number of carbonyl (C=O) groups excluding carboxylic acids is 1. The lowest BCUT2D eigenvalue weighted by Gasteiger charge is -2.33. The van der Waals surface area contributed by atoms with E-state index in [2.05, 4.69) is 65.1 Å². The first-order chi connectivity index (χ1) is 18.6. The van der Waals surface area contributed by atoms with Gasteiger partial charge in [0.15, 0.2) is 5.78 Å². The molecule has 3 aromatic carbocycles. The summed E-state index contributed by atoms with van der Waals surface area (Å²) in [5.41, 5.74) is 12.5. The summed E-state index contributed by atoms with van der Waals surface area (Å²) in [6.45, 7) is 7.06. The number of hydrogen-bond acceptors (Lipinski definition) is 6. The van der Waals surface area contributed by atoms with Gasteiger partial charge in [0.2, 0.25) is 0 Å². The highest BCUT2D eigenvalue weighted by Crippen LogP contribution is 2.48. The van der Waals surface area contributed by atoms with Gasteiger partial charge in [-0.05, 0) is 85.6 Å². The number of ether oxygens (including phenoxy) is 1. The molecule has 6 nitrogen and oxygen atoms in total. The van der Waals surface area contributed by atoms with Gasteiger partial charge in [-0.15, -0.1) is 0 Å². The number of fused-ring (bicyclic) bond motifs is 3. The van der Waals surface area contributed by atoms with E-state index in [0.29, 0.717) is 6.54 Å². The van der Waals surface area contributed by atoms with E-state index < -0.39 is 0 Å². The van der Waals surface area contributed by atoms with Crippen LogP contribution in [0.25, 0.3) is 11.1 Å². The van der Waals surface area contributed by atoms with Gasteiger partial charge in [0, 0.05) is 35.3 Å². The molecule has 2 N–H and O–H groups in total. The highest BCUT2D eigenvalue weighted by Gasteiger charge is 2.42. The van der Waals surface area contributed by atoms with Gasteiger partial charge in [-0.2, -0.15) is 0 Å². The Bertz CT molecular complexity index is 1330. The third-order valence-electron chi connectivity index (χ3n) is 8.61. The Balaban J connectivity index is 1.15. The van der Waals surface area contributed by atoms with Crippen molar-refractivity contribution in [2.24, 2.45) is 0 Å². The summed E-state index contributed by atoms with van der Waals surface area (Å²) in [6.07, 6.45) is 4.09. The summed E-state index contributed by atoms with van der Waals surface area (Å²) in [4.78, 5) is 20.5. The minimum Gasteiger partial charge on any atom is -0.492 e. The first-order valence-electron chi connectivity index (χ1n) is 13.8. The molecule has 0 bridgehead atoms. The van der Waals surface area contributed by atoms with Crippen LogP contribution in [-0.2, 0) is 23.1 Å². The zero-order valence-corrected chi connectivity index (χ0v) is 22.4. The van der Waals surface area contributed by atoms with E-state index in [0.717, 1.165) is 75.3 Å². The Morgan fingerprint density at radius 1 is 1.11 bits per heavy atom. The molecule has 3 aliphatic rings. The van der Waals surface area contributed by atoms with Crippen LogP contribution < -0.4 is 20.4 Å². The van der Waals surface area contributed by atoms with E-state index in [4.69, 9.17) is 9.57 Å². The van der Waals surface area contributed by atoms with Crippen LogP contribution in [-0.4, -0.2) is 52.2 Å². The number of rotatable bonds is 8. The number of Topliss-reactive ketones (excluding diaryl/α,β-unsaturated/α-hetero) is 1. The highest BCUT2D eigenvalue weighted by atomic mass is 16.6. The standard InChI is InChI=1S/C32H37N3O3/c1-22-17-23(9-13-34-37-2)3-8-27(22)24-4-6-25(7-5-24)30(36)20-35-16-10-26-18-31-28(19-29(26)35)32(21-38-31)11-14-33-15-12-32/h3-8,17-19,33-34H,9-16,20-21H2,1-2H3. The molecule has 0 aromatic heterocycles. The lowest BCUT2D eigenvalue weighted by atomic mass is 9.74.